The summed E-state index contributed by atoms with van der Waals surface area (Å²) in [6.07, 6.45) is 0.666. The Hall–Kier alpha value is -2.08. The Morgan fingerprint density at radius 3 is 2.32 bits per heavy atom. The zero-order valence-corrected chi connectivity index (χ0v) is 22.0. The van der Waals surface area contributed by atoms with Gasteiger partial charge in [-0.2, -0.15) is 0 Å². The van der Waals surface area contributed by atoms with Gasteiger partial charge >= 0.3 is 5.97 Å². The van der Waals surface area contributed by atoms with Gasteiger partial charge in [0.05, 0.1) is 0 Å². The van der Waals surface area contributed by atoms with Crippen LogP contribution in [-0.2, 0) is 19.7 Å². The Bertz CT molecular complexity index is 1140. The van der Waals surface area contributed by atoms with Gasteiger partial charge in [-0.05, 0) is 68.0 Å². The van der Waals surface area contributed by atoms with Crippen molar-refractivity contribution in [3.05, 3.63) is 63.6 Å². The molecule has 2 aromatic rings. The number of fused-ring (bicyclic) bond motifs is 2. The Morgan fingerprint density at radius 2 is 1.71 bits per heavy atom. The summed E-state index contributed by atoms with van der Waals surface area (Å²) in [5.41, 5.74) is 0.498. The molecule has 2 N–H and O–H groups in total. The molecule has 5 nitrogen and oxygen atoms in total. The van der Waals surface area contributed by atoms with Gasteiger partial charge < -0.3 is 10.1 Å². The minimum absolute atomic E-state index is 0.109. The van der Waals surface area contributed by atoms with Crippen LogP contribution in [0, 0.1) is 5.41 Å². The van der Waals surface area contributed by atoms with E-state index in [9.17, 15) is 9.59 Å². The van der Waals surface area contributed by atoms with E-state index in [0.717, 1.165) is 11.1 Å². The topological polar surface area (TPSA) is 67.4 Å². The highest BCUT2D eigenvalue weighted by Crippen LogP contribution is 2.57. The number of hydrogen-bond donors (Lipinski definition) is 2. The van der Waals surface area contributed by atoms with Gasteiger partial charge in [-0.3, -0.25) is 14.9 Å². The maximum absolute atomic E-state index is 14.0. The summed E-state index contributed by atoms with van der Waals surface area (Å²) >= 11 is 12.7. The number of esters is 1. The average molecular weight is 503 g/mol. The number of hydrogen-bond acceptors (Lipinski definition) is 4. The lowest BCUT2D eigenvalue weighted by atomic mass is 9.62. The maximum Gasteiger partial charge on any atom is 0.324 e. The molecule has 0 aliphatic carbocycles. The molecule has 1 spiro atoms. The van der Waals surface area contributed by atoms with Crippen LogP contribution in [0.5, 0.6) is 0 Å². The first-order valence-corrected chi connectivity index (χ1v) is 12.3. The third-order valence-electron chi connectivity index (χ3n) is 6.49. The van der Waals surface area contributed by atoms with Crippen molar-refractivity contribution in [2.75, 3.05) is 5.32 Å². The van der Waals surface area contributed by atoms with E-state index in [-0.39, 0.29) is 23.3 Å². The molecule has 0 bridgehead atoms. The fourth-order valence-electron chi connectivity index (χ4n) is 5.46. The first kappa shape index (κ1) is 25.0. The van der Waals surface area contributed by atoms with E-state index in [0.29, 0.717) is 22.2 Å². The third kappa shape index (κ3) is 4.46. The predicted molar refractivity (Wildman–Crippen MR) is 137 cm³/mol. The third-order valence-corrected chi connectivity index (χ3v) is 6.96. The molecule has 2 heterocycles. The quantitative estimate of drug-likeness (QED) is 0.498. The summed E-state index contributed by atoms with van der Waals surface area (Å²) in [6, 6.07) is 11.8. The summed E-state index contributed by atoms with van der Waals surface area (Å²) in [6.45, 7) is 11.9. The molecular formula is C27H32Cl2N2O3. The van der Waals surface area contributed by atoms with Crippen molar-refractivity contribution in [1.29, 1.82) is 0 Å². The second kappa shape index (κ2) is 8.54. The Morgan fingerprint density at radius 1 is 1.03 bits per heavy atom. The monoisotopic (exact) mass is 502 g/mol. The molecule has 1 unspecified atom stereocenters. The molecule has 1 amide bonds. The average Bonchev–Trinajstić information content (AvgIpc) is 3.15. The molecule has 1 fully saturated rings. The number of nitrogens with one attached hydrogen (secondary N) is 2. The lowest BCUT2D eigenvalue weighted by Crippen LogP contribution is -2.49. The molecule has 0 aromatic heterocycles. The molecule has 7 heteroatoms. The number of amides is 1. The molecule has 0 radical (unpaired) electrons. The Balaban J connectivity index is 1.98. The highest BCUT2D eigenvalue weighted by Gasteiger charge is 2.66. The summed E-state index contributed by atoms with van der Waals surface area (Å²) in [4.78, 5) is 27.6. The Kier molecular flexibility index (Phi) is 6.29. The molecule has 2 aliphatic rings. The molecular weight excluding hydrogens is 471 g/mol. The fraction of sp³-hybridized carbons (Fsp3) is 0.481. The number of ether oxygens (including phenoxy) is 1. The first-order chi connectivity index (χ1) is 15.7. The van der Waals surface area contributed by atoms with Crippen molar-refractivity contribution in [2.24, 2.45) is 5.41 Å². The van der Waals surface area contributed by atoms with Crippen molar-refractivity contribution in [3.63, 3.8) is 0 Å². The predicted octanol–water partition coefficient (Wildman–Crippen LogP) is 6.09. The highest BCUT2D eigenvalue weighted by molar-refractivity contribution is 6.31. The van der Waals surface area contributed by atoms with Gasteiger partial charge in [-0.1, -0.05) is 62.2 Å². The van der Waals surface area contributed by atoms with Crippen LogP contribution in [0.2, 0.25) is 10.0 Å². The molecule has 2 aromatic carbocycles. The lowest BCUT2D eigenvalue weighted by Gasteiger charge is -2.37. The van der Waals surface area contributed by atoms with Crippen LogP contribution >= 0.6 is 23.2 Å². The first-order valence-electron chi connectivity index (χ1n) is 11.6. The van der Waals surface area contributed by atoms with E-state index in [1.807, 2.05) is 45.0 Å². The number of carbonyl (C=O) groups excluding carboxylic acids is 2. The van der Waals surface area contributed by atoms with Crippen LogP contribution in [0.25, 0.3) is 0 Å². The summed E-state index contributed by atoms with van der Waals surface area (Å²) in [5, 5.41) is 7.69. The van der Waals surface area contributed by atoms with Crippen LogP contribution in [0.15, 0.2) is 42.5 Å². The van der Waals surface area contributed by atoms with Gasteiger partial charge in [0.25, 0.3) is 0 Å². The molecule has 4 rings (SSSR count). The van der Waals surface area contributed by atoms with Crippen molar-refractivity contribution < 1.29 is 14.3 Å². The van der Waals surface area contributed by atoms with Gasteiger partial charge in [0, 0.05) is 27.7 Å². The van der Waals surface area contributed by atoms with Crippen LogP contribution in [0.4, 0.5) is 5.69 Å². The SMILES string of the molecule is CC(C)(C)C[C@@H]1N[C@@H](C(=O)OC(C)(C)C)[C@@H](c2cccc(Cl)c2)C12C(=O)Nc1cc(Cl)ccc12. The number of rotatable bonds is 3. The fourth-order valence-corrected chi connectivity index (χ4v) is 5.84. The van der Waals surface area contributed by atoms with Gasteiger partial charge in [0.1, 0.15) is 17.1 Å². The molecule has 182 valence electrons. The van der Waals surface area contributed by atoms with Gasteiger partial charge in [0.15, 0.2) is 0 Å². The second-order valence-electron chi connectivity index (χ2n) is 11.5. The molecule has 4 atom stereocenters. The van der Waals surface area contributed by atoms with Crippen molar-refractivity contribution in [1.82, 2.24) is 5.32 Å². The van der Waals surface area contributed by atoms with Gasteiger partial charge in [-0.25, -0.2) is 0 Å². The van der Waals surface area contributed by atoms with Gasteiger partial charge in [-0.15, -0.1) is 0 Å². The summed E-state index contributed by atoms with van der Waals surface area (Å²) < 4.78 is 5.84. The number of benzene rings is 2. The van der Waals surface area contributed by atoms with Crippen LogP contribution in [0.1, 0.15) is 65.0 Å². The lowest BCUT2D eigenvalue weighted by molar-refractivity contribution is -0.157. The maximum atomic E-state index is 14.0. The number of anilines is 1. The second-order valence-corrected chi connectivity index (χ2v) is 12.4. The molecule has 34 heavy (non-hydrogen) atoms. The number of halogens is 2. The largest absolute Gasteiger partial charge is 0.459 e. The van der Waals surface area contributed by atoms with Gasteiger partial charge in [0.2, 0.25) is 5.91 Å². The van der Waals surface area contributed by atoms with Crippen molar-refractivity contribution >= 4 is 40.8 Å². The standard InChI is InChI=1S/C27H32Cl2N2O3/c1-25(2,3)14-20-27(18-11-10-17(29)13-19(18)30-24(27)33)21(15-8-7-9-16(28)12-15)22(31-20)23(32)34-26(4,5)6/h7-13,20-22,31H,14H2,1-6H3,(H,30,33)/t20-,21+,22+,27?/m0/s1. The molecule has 1 saturated heterocycles. The minimum atomic E-state index is -1.04. The van der Waals surface area contributed by atoms with E-state index < -0.39 is 23.0 Å². The van der Waals surface area contributed by atoms with E-state index >= 15 is 0 Å². The number of carbonyl (C=O) groups is 2. The summed E-state index contributed by atoms with van der Waals surface area (Å²) in [7, 11) is 0. The highest BCUT2D eigenvalue weighted by atomic mass is 35.5. The summed E-state index contributed by atoms with van der Waals surface area (Å²) in [5.74, 6) is -1.07. The smallest absolute Gasteiger partial charge is 0.324 e. The van der Waals surface area contributed by atoms with Crippen LogP contribution in [-0.4, -0.2) is 29.6 Å². The van der Waals surface area contributed by atoms with Crippen molar-refractivity contribution in [3.8, 4) is 0 Å². The van der Waals surface area contributed by atoms with E-state index in [2.05, 4.69) is 31.4 Å². The molecule has 0 saturated carbocycles. The van der Waals surface area contributed by atoms with E-state index in [1.165, 1.54) is 0 Å². The van der Waals surface area contributed by atoms with E-state index in [1.54, 1.807) is 18.2 Å². The Labute approximate surface area is 211 Å². The minimum Gasteiger partial charge on any atom is -0.459 e. The normalized spacial score (nSPS) is 26.5. The van der Waals surface area contributed by atoms with E-state index in [4.69, 9.17) is 27.9 Å². The van der Waals surface area contributed by atoms with Crippen molar-refractivity contribution in [2.45, 2.75) is 77.0 Å². The zero-order chi connectivity index (χ0) is 25.1. The van der Waals surface area contributed by atoms with Crippen LogP contribution < -0.4 is 10.6 Å². The van der Waals surface area contributed by atoms with Crippen LogP contribution in [0.3, 0.4) is 0 Å². The molecule has 2 aliphatic heterocycles. The zero-order valence-electron chi connectivity index (χ0n) is 20.5.